The third-order valence-corrected chi connectivity index (χ3v) is 5.95. The maximum atomic E-state index is 12.3. The molecule has 14 nitrogen and oxygen atoms in total. The number of carbonyl (C=O) groups excluding carboxylic acids is 2. The van der Waals surface area contributed by atoms with Crippen LogP contribution in [0.2, 0.25) is 0 Å². The number of anilines is 4. The standard InChI is InChI=1S/C25H23N9O5/c26-22(36)34(25-30-24(31-32-25)33-9-12-37-13-10-33)15-3-5-16(6-4-15)39-17-7-8-18-19(14-17)28-23(27-18)29-21(35)20-2-1-11-38-20/h1-8,11,14H,9-10,12-13H2,(H2,26,36)(H,30,31,32)(H2,27,28,29,35). The van der Waals surface area contributed by atoms with Gasteiger partial charge in [0.2, 0.25) is 17.8 Å². The smallest absolute Gasteiger partial charge is 0.326 e. The molecule has 14 heteroatoms. The van der Waals surface area contributed by atoms with Gasteiger partial charge in [-0.1, -0.05) is 0 Å². The number of ether oxygens (including phenoxy) is 2. The molecule has 3 amide bonds. The number of amides is 3. The number of H-pyrrole nitrogens is 2. The van der Waals surface area contributed by atoms with Crippen LogP contribution in [0.25, 0.3) is 11.0 Å². The number of morpholine rings is 1. The monoisotopic (exact) mass is 529 g/mol. The summed E-state index contributed by atoms with van der Waals surface area (Å²) in [6, 6.07) is 14.5. The van der Waals surface area contributed by atoms with Crippen molar-refractivity contribution in [1.29, 1.82) is 0 Å². The molecular formula is C25H23N9O5. The Morgan fingerprint density at radius 2 is 1.85 bits per heavy atom. The number of imidazole rings is 1. The number of aromatic amines is 2. The van der Waals surface area contributed by atoms with Gasteiger partial charge < -0.3 is 29.5 Å². The number of carbonyl (C=O) groups is 2. The summed E-state index contributed by atoms with van der Waals surface area (Å²) < 4.78 is 16.4. The van der Waals surface area contributed by atoms with Crippen LogP contribution >= 0.6 is 0 Å². The molecule has 5 N–H and O–H groups in total. The number of nitrogens with one attached hydrogen (secondary N) is 3. The highest BCUT2D eigenvalue weighted by molar-refractivity contribution is 6.02. The molecule has 0 aliphatic carbocycles. The lowest BCUT2D eigenvalue weighted by Crippen LogP contribution is -2.37. The molecule has 1 fully saturated rings. The molecule has 0 saturated carbocycles. The molecular weight excluding hydrogens is 506 g/mol. The Labute approximate surface area is 220 Å². The second-order valence-corrected chi connectivity index (χ2v) is 8.52. The lowest BCUT2D eigenvalue weighted by molar-refractivity contribution is 0.0996. The number of benzene rings is 2. The predicted octanol–water partition coefficient (Wildman–Crippen LogP) is 3.37. The molecule has 0 bridgehead atoms. The van der Waals surface area contributed by atoms with Crippen LogP contribution in [0.3, 0.4) is 0 Å². The first kappa shape index (κ1) is 24.0. The van der Waals surface area contributed by atoms with E-state index in [2.05, 4.69) is 30.5 Å². The lowest BCUT2D eigenvalue weighted by atomic mass is 10.2. The van der Waals surface area contributed by atoms with E-state index in [4.69, 9.17) is 19.6 Å². The molecule has 4 heterocycles. The number of furan rings is 1. The van der Waals surface area contributed by atoms with E-state index in [0.717, 1.165) is 0 Å². The SMILES string of the molecule is NC(=O)N(c1ccc(Oc2ccc3nc(NC(=O)c4ccco4)[nH]c3c2)cc1)c1nc(N2CCOCC2)n[nH]1. The Balaban J connectivity index is 1.15. The van der Waals surface area contributed by atoms with Crippen LogP contribution in [0.4, 0.5) is 28.3 Å². The number of hydrogen-bond acceptors (Lipinski definition) is 9. The molecule has 0 unspecified atom stereocenters. The van der Waals surface area contributed by atoms with Crippen molar-refractivity contribution in [3.05, 3.63) is 66.6 Å². The minimum atomic E-state index is -0.715. The van der Waals surface area contributed by atoms with Crippen molar-refractivity contribution < 1.29 is 23.5 Å². The van der Waals surface area contributed by atoms with Gasteiger partial charge in [0.05, 0.1) is 36.2 Å². The average molecular weight is 530 g/mol. The minimum Gasteiger partial charge on any atom is -0.459 e. The topological polar surface area (TPSA) is 181 Å². The molecule has 3 aromatic heterocycles. The summed E-state index contributed by atoms with van der Waals surface area (Å²) in [6.07, 6.45) is 1.42. The van der Waals surface area contributed by atoms with Gasteiger partial charge in [-0.05, 0) is 48.5 Å². The van der Waals surface area contributed by atoms with E-state index in [1.54, 1.807) is 54.6 Å². The van der Waals surface area contributed by atoms with Crippen molar-refractivity contribution in [2.45, 2.75) is 0 Å². The first-order chi connectivity index (χ1) is 19.0. The highest BCUT2D eigenvalue weighted by atomic mass is 16.5. The van der Waals surface area contributed by atoms with E-state index in [-0.39, 0.29) is 17.7 Å². The molecule has 0 spiro atoms. The highest BCUT2D eigenvalue weighted by Crippen LogP contribution is 2.29. The molecule has 5 aromatic rings. The molecule has 6 rings (SSSR count). The fourth-order valence-corrected chi connectivity index (χ4v) is 4.09. The van der Waals surface area contributed by atoms with E-state index in [1.165, 1.54) is 11.2 Å². The van der Waals surface area contributed by atoms with E-state index in [0.29, 0.717) is 60.5 Å². The van der Waals surface area contributed by atoms with E-state index in [9.17, 15) is 9.59 Å². The maximum absolute atomic E-state index is 12.3. The molecule has 1 aliphatic rings. The van der Waals surface area contributed by atoms with Gasteiger partial charge >= 0.3 is 6.03 Å². The van der Waals surface area contributed by atoms with Crippen molar-refractivity contribution >= 4 is 46.5 Å². The van der Waals surface area contributed by atoms with Gasteiger partial charge in [0.15, 0.2) is 5.76 Å². The minimum absolute atomic E-state index is 0.179. The zero-order valence-corrected chi connectivity index (χ0v) is 20.5. The van der Waals surface area contributed by atoms with Crippen molar-refractivity contribution in [3.8, 4) is 11.5 Å². The zero-order chi connectivity index (χ0) is 26.8. The maximum Gasteiger partial charge on any atom is 0.326 e. The summed E-state index contributed by atoms with van der Waals surface area (Å²) in [5, 5.41) is 9.67. The van der Waals surface area contributed by atoms with Crippen LogP contribution < -0.4 is 25.6 Å². The number of urea groups is 1. The molecule has 0 radical (unpaired) electrons. The Morgan fingerprint density at radius 3 is 2.59 bits per heavy atom. The van der Waals surface area contributed by atoms with Crippen molar-refractivity contribution in [1.82, 2.24) is 25.1 Å². The summed E-state index contributed by atoms with van der Waals surface area (Å²) in [6.45, 7) is 2.49. The number of hydrogen-bond donors (Lipinski definition) is 4. The summed E-state index contributed by atoms with van der Waals surface area (Å²) in [5.41, 5.74) is 7.46. The van der Waals surface area contributed by atoms with Gasteiger partial charge in [-0.25, -0.2) is 19.8 Å². The van der Waals surface area contributed by atoms with Crippen molar-refractivity contribution in [2.24, 2.45) is 5.73 Å². The first-order valence-corrected chi connectivity index (χ1v) is 12.0. The Kier molecular flexibility index (Phi) is 6.26. The normalized spacial score (nSPS) is 13.4. The van der Waals surface area contributed by atoms with Gasteiger partial charge in [-0.3, -0.25) is 10.1 Å². The molecule has 0 atom stereocenters. The number of nitrogens with zero attached hydrogens (tertiary/aromatic N) is 5. The molecule has 198 valence electrons. The van der Waals surface area contributed by atoms with E-state index < -0.39 is 11.9 Å². The van der Waals surface area contributed by atoms with Crippen LogP contribution in [0.5, 0.6) is 11.5 Å². The van der Waals surface area contributed by atoms with Crippen LogP contribution in [0, 0.1) is 0 Å². The molecule has 39 heavy (non-hydrogen) atoms. The summed E-state index contributed by atoms with van der Waals surface area (Å²) >= 11 is 0. The largest absolute Gasteiger partial charge is 0.459 e. The third-order valence-electron chi connectivity index (χ3n) is 5.95. The van der Waals surface area contributed by atoms with Gasteiger partial charge in [0, 0.05) is 19.2 Å². The second kappa shape index (κ2) is 10.2. The average Bonchev–Trinajstić information content (AvgIpc) is 3.71. The highest BCUT2D eigenvalue weighted by Gasteiger charge is 2.22. The molecule has 1 aliphatic heterocycles. The van der Waals surface area contributed by atoms with Gasteiger partial charge in [-0.15, -0.1) is 5.10 Å². The van der Waals surface area contributed by atoms with Gasteiger partial charge in [0.25, 0.3) is 5.91 Å². The fourth-order valence-electron chi connectivity index (χ4n) is 4.09. The number of primary amides is 1. The van der Waals surface area contributed by atoms with E-state index >= 15 is 0 Å². The number of nitrogens with two attached hydrogens (primary N) is 1. The fraction of sp³-hybridized carbons (Fsp3) is 0.160. The Hall–Kier alpha value is -5.37. The van der Waals surface area contributed by atoms with Crippen molar-refractivity contribution in [2.75, 3.05) is 41.4 Å². The second-order valence-electron chi connectivity index (χ2n) is 8.52. The number of aromatic nitrogens is 5. The van der Waals surface area contributed by atoms with Crippen LogP contribution in [0.1, 0.15) is 10.6 Å². The van der Waals surface area contributed by atoms with Crippen LogP contribution in [-0.4, -0.2) is 63.4 Å². The zero-order valence-electron chi connectivity index (χ0n) is 20.5. The van der Waals surface area contributed by atoms with Gasteiger partial charge in [-0.2, -0.15) is 4.98 Å². The Bertz CT molecular complexity index is 1600. The van der Waals surface area contributed by atoms with Crippen LogP contribution in [-0.2, 0) is 4.74 Å². The third kappa shape index (κ3) is 5.08. The van der Waals surface area contributed by atoms with E-state index in [1.807, 2.05) is 4.90 Å². The van der Waals surface area contributed by atoms with Crippen molar-refractivity contribution in [3.63, 3.8) is 0 Å². The summed E-state index contributed by atoms with van der Waals surface area (Å²) in [7, 11) is 0. The molecule has 1 saturated heterocycles. The van der Waals surface area contributed by atoms with Crippen LogP contribution in [0.15, 0.2) is 65.3 Å². The number of rotatable bonds is 7. The predicted molar refractivity (Wildman–Crippen MR) is 140 cm³/mol. The van der Waals surface area contributed by atoms with Gasteiger partial charge in [0.1, 0.15) is 11.5 Å². The Morgan fingerprint density at radius 1 is 1.05 bits per heavy atom. The molecule has 2 aromatic carbocycles. The summed E-state index contributed by atoms with van der Waals surface area (Å²) in [4.78, 5) is 39.5. The summed E-state index contributed by atoms with van der Waals surface area (Å²) in [5.74, 6) is 1.79. The quantitative estimate of drug-likeness (QED) is 0.246. The first-order valence-electron chi connectivity index (χ1n) is 12.0. The lowest BCUT2D eigenvalue weighted by Gasteiger charge is -2.25. The number of fused-ring (bicyclic) bond motifs is 1.